The second-order valence-corrected chi connectivity index (χ2v) is 4.31. The van der Waals surface area contributed by atoms with Crippen molar-refractivity contribution in [2.45, 2.75) is 0 Å². The lowest BCUT2D eigenvalue weighted by atomic mass is 9.96. The van der Waals surface area contributed by atoms with Crippen molar-refractivity contribution in [3.63, 3.8) is 0 Å². The first-order valence-electron chi connectivity index (χ1n) is 5.73. The van der Waals surface area contributed by atoms with E-state index in [9.17, 15) is 40.2 Å². The van der Waals surface area contributed by atoms with Crippen molar-refractivity contribution >= 4 is 12.1 Å². The molecule has 0 fully saturated rings. The van der Waals surface area contributed by atoms with Crippen LogP contribution in [0.1, 0.15) is 21.5 Å². The zero-order valence-electron chi connectivity index (χ0n) is 10.7. The van der Waals surface area contributed by atoms with Gasteiger partial charge in [0, 0.05) is 11.1 Å². The molecular weight excluding hydrogens is 296 g/mol. The number of carbonyl (C=O) groups excluding carboxylic acids is 2. The Morgan fingerprint density at radius 1 is 0.773 bits per heavy atom. The van der Waals surface area contributed by atoms with Gasteiger partial charge < -0.3 is 30.6 Å². The lowest BCUT2D eigenvalue weighted by Crippen LogP contribution is -2.06. The van der Waals surface area contributed by atoms with Crippen LogP contribution in [0.2, 0.25) is 0 Å². The van der Waals surface area contributed by atoms with Crippen LogP contribution in [0.4, 0.5) is 0 Å². The summed E-state index contributed by atoms with van der Waals surface area (Å²) < 4.78 is 0. The van der Waals surface area contributed by atoms with E-state index in [1.165, 1.54) is 6.29 Å². The highest BCUT2D eigenvalue weighted by molar-refractivity contribution is 6.15. The maximum absolute atomic E-state index is 12.3. The molecule has 0 aliphatic heterocycles. The Kier molecular flexibility index (Phi) is 3.52. The first-order valence-corrected chi connectivity index (χ1v) is 5.73. The lowest BCUT2D eigenvalue weighted by Gasteiger charge is -2.10. The average Bonchev–Trinajstić information content (AvgIpc) is 2.48. The quantitative estimate of drug-likeness (QED) is 0.356. The van der Waals surface area contributed by atoms with Crippen molar-refractivity contribution < 1.29 is 40.2 Å². The highest BCUT2D eigenvalue weighted by atomic mass is 16.3. The molecular formula is C14H9O8. The van der Waals surface area contributed by atoms with E-state index in [0.29, 0.717) is 0 Å². The maximum atomic E-state index is 12.3. The van der Waals surface area contributed by atoms with Gasteiger partial charge >= 0.3 is 0 Å². The molecule has 0 unspecified atom stereocenters. The highest BCUT2D eigenvalue weighted by Gasteiger charge is 2.25. The topological polar surface area (TPSA) is 156 Å². The second-order valence-electron chi connectivity index (χ2n) is 4.31. The van der Waals surface area contributed by atoms with Crippen LogP contribution in [0.25, 0.3) is 0 Å². The molecule has 1 radical (unpaired) electrons. The average molecular weight is 305 g/mol. The number of hydrogen-bond donors (Lipinski definition) is 6. The Morgan fingerprint density at radius 2 is 1.27 bits per heavy atom. The summed E-state index contributed by atoms with van der Waals surface area (Å²) in [6.07, 6.45) is 1.32. The van der Waals surface area contributed by atoms with Gasteiger partial charge in [0.1, 0.15) is 0 Å². The zero-order valence-corrected chi connectivity index (χ0v) is 10.7. The summed E-state index contributed by atoms with van der Waals surface area (Å²) in [5.74, 6) is -6.42. The summed E-state index contributed by atoms with van der Waals surface area (Å²) in [6.45, 7) is 0. The third kappa shape index (κ3) is 2.22. The van der Waals surface area contributed by atoms with E-state index in [4.69, 9.17) is 0 Å². The summed E-state index contributed by atoms with van der Waals surface area (Å²) >= 11 is 0. The van der Waals surface area contributed by atoms with Crippen LogP contribution in [-0.4, -0.2) is 42.7 Å². The molecule has 22 heavy (non-hydrogen) atoms. The molecule has 0 atom stereocenters. The molecule has 0 aliphatic rings. The van der Waals surface area contributed by atoms with Gasteiger partial charge in [-0.15, -0.1) is 0 Å². The molecule has 2 aromatic rings. The maximum Gasteiger partial charge on any atom is 0.234 e. The largest absolute Gasteiger partial charge is 0.504 e. The molecule has 0 spiro atoms. The third-order valence-electron chi connectivity index (χ3n) is 2.92. The van der Waals surface area contributed by atoms with Gasteiger partial charge in [0.05, 0.1) is 5.56 Å². The fraction of sp³-hybridized carbons (Fsp3) is 0. The minimum Gasteiger partial charge on any atom is -0.504 e. The van der Waals surface area contributed by atoms with E-state index >= 15 is 0 Å². The molecule has 0 saturated heterocycles. The first kappa shape index (κ1) is 15.0. The summed E-state index contributed by atoms with van der Waals surface area (Å²) in [7, 11) is 0. The van der Waals surface area contributed by atoms with Crippen molar-refractivity contribution in [1.82, 2.24) is 0 Å². The van der Waals surface area contributed by atoms with E-state index in [2.05, 4.69) is 0 Å². The van der Waals surface area contributed by atoms with E-state index in [1.807, 2.05) is 0 Å². The molecule has 0 aliphatic carbocycles. The molecule has 0 bridgehead atoms. The minimum absolute atomic E-state index is 0.385. The minimum atomic E-state index is -1.06. The number of aromatic hydroxyl groups is 6. The van der Waals surface area contributed by atoms with Crippen molar-refractivity contribution in [2.75, 3.05) is 0 Å². The van der Waals surface area contributed by atoms with E-state index in [1.54, 1.807) is 0 Å². The predicted molar refractivity (Wildman–Crippen MR) is 71.1 cm³/mol. The van der Waals surface area contributed by atoms with Gasteiger partial charge in [-0.3, -0.25) is 9.59 Å². The molecule has 2 rings (SSSR count). The van der Waals surface area contributed by atoms with Crippen LogP contribution in [0, 0.1) is 0 Å². The molecule has 6 N–H and O–H groups in total. The van der Waals surface area contributed by atoms with Gasteiger partial charge in [-0.05, 0) is 18.2 Å². The highest BCUT2D eigenvalue weighted by Crippen LogP contribution is 2.41. The molecule has 8 heteroatoms. The van der Waals surface area contributed by atoms with Gasteiger partial charge in [0.25, 0.3) is 0 Å². The number of ketones is 1. The van der Waals surface area contributed by atoms with Crippen LogP contribution >= 0.6 is 0 Å². The predicted octanol–water partition coefficient (Wildman–Crippen LogP) is 0.609. The number of hydrogen-bond acceptors (Lipinski definition) is 8. The standard InChI is InChI=1S/C14H9O8/c15-4-6-3-9(18)13(21)14(22)10(6)11(19)5-1-7(16)12(20)8(17)2-5/h1-3,16-18,20-22H. The van der Waals surface area contributed by atoms with Gasteiger partial charge in [0.2, 0.25) is 12.0 Å². The van der Waals surface area contributed by atoms with Crippen molar-refractivity contribution in [3.05, 3.63) is 34.9 Å². The van der Waals surface area contributed by atoms with Gasteiger partial charge in [-0.25, -0.2) is 0 Å². The van der Waals surface area contributed by atoms with Crippen molar-refractivity contribution in [1.29, 1.82) is 0 Å². The molecule has 113 valence electrons. The Labute approximate surface area is 122 Å². The fourth-order valence-corrected chi connectivity index (χ4v) is 1.83. The van der Waals surface area contributed by atoms with Crippen LogP contribution in [0.15, 0.2) is 18.2 Å². The summed E-state index contributed by atoms with van der Waals surface area (Å²) in [4.78, 5) is 23.1. The SMILES string of the molecule is O=[C]c1cc(O)c(O)c(O)c1C(=O)c1cc(O)c(O)c(O)c1. The molecule has 0 heterocycles. The summed E-state index contributed by atoms with van der Waals surface area (Å²) in [5, 5.41) is 56.4. The normalized spacial score (nSPS) is 10.4. The van der Waals surface area contributed by atoms with E-state index in [-0.39, 0.29) is 5.56 Å². The molecule has 0 amide bonds. The molecule has 2 aromatic carbocycles. The Balaban J connectivity index is 2.69. The molecule has 0 aromatic heterocycles. The molecule has 0 saturated carbocycles. The Bertz CT molecular complexity index is 771. The van der Waals surface area contributed by atoms with Crippen LogP contribution in [0.3, 0.4) is 0 Å². The van der Waals surface area contributed by atoms with Gasteiger partial charge in [0.15, 0.2) is 34.5 Å². The third-order valence-corrected chi connectivity index (χ3v) is 2.92. The fourth-order valence-electron chi connectivity index (χ4n) is 1.83. The van der Waals surface area contributed by atoms with Crippen LogP contribution in [0.5, 0.6) is 34.5 Å². The number of benzene rings is 2. The lowest BCUT2D eigenvalue weighted by molar-refractivity contribution is 0.103. The number of phenols is 6. The second kappa shape index (κ2) is 5.17. The van der Waals surface area contributed by atoms with Gasteiger partial charge in [-0.1, -0.05) is 0 Å². The van der Waals surface area contributed by atoms with Crippen molar-refractivity contribution in [3.8, 4) is 34.5 Å². The number of carbonyl (C=O) groups is 1. The zero-order chi connectivity index (χ0) is 16.6. The monoisotopic (exact) mass is 305 g/mol. The van der Waals surface area contributed by atoms with Crippen LogP contribution in [-0.2, 0) is 4.79 Å². The van der Waals surface area contributed by atoms with Crippen molar-refractivity contribution in [2.24, 2.45) is 0 Å². The number of phenolic OH excluding ortho intramolecular Hbond substituents is 6. The first-order chi connectivity index (χ1) is 10.3. The number of rotatable bonds is 3. The smallest absolute Gasteiger partial charge is 0.234 e. The Morgan fingerprint density at radius 3 is 1.77 bits per heavy atom. The van der Waals surface area contributed by atoms with E-state index < -0.39 is 51.4 Å². The Hall–Kier alpha value is -3.42. The summed E-state index contributed by atoms with van der Waals surface area (Å²) in [6, 6.07) is 2.29. The molecule has 8 nitrogen and oxygen atoms in total. The summed E-state index contributed by atoms with van der Waals surface area (Å²) in [5.41, 5.74) is -1.61. The van der Waals surface area contributed by atoms with E-state index in [0.717, 1.165) is 18.2 Å². The van der Waals surface area contributed by atoms with Gasteiger partial charge in [-0.2, -0.15) is 0 Å². The van der Waals surface area contributed by atoms with Crippen LogP contribution < -0.4 is 0 Å².